The molecular weight excluding hydrogens is 298 g/mol. The molecule has 2 aliphatic rings. The van der Waals surface area contributed by atoms with Crippen molar-refractivity contribution in [3.8, 4) is 0 Å². The van der Waals surface area contributed by atoms with E-state index in [4.69, 9.17) is 0 Å². The first-order chi connectivity index (χ1) is 9.17. The van der Waals surface area contributed by atoms with Gasteiger partial charge in [-0.2, -0.15) is 4.31 Å². The zero-order valence-electron chi connectivity index (χ0n) is 11.2. The highest BCUT2D eigenvalue weighted by molar-refractivity contribution is 7.89. The first-order valence-electron chi connectivity index (χ1n) is 6.77. The summed E-state index contributed by atoms with van der Waals surface area (Å²) in [6.45, 7) is 1.94. The van der Waals surface area contributed by atoms with Gasteiger partial charge in [0.05, 0.1) is 11.8 Å². The van der Waals surface area contributed by atoms with Gasteiger partial charge in [0, 0.05) is 32.0 Å². The predicted octanol–water partition coefficient (Wildman–Crippen LogP) is 1.19. The number of pyridine rings is 1. The van der Waals surface area contributed by atoms with Gasteiger partial charge in [-0.25, -0.2) is 8.42 Å². The topological polar surface area (TPSA) is 62.3 Å². The maximum atomic E-state index is 12.5. The van der Waals surface area contributed by atoms with E-state index in [9.17, 15) is 8.42 Å². The fourth-order valence-electron chi connectivity index (χ4n) is 2.55. The molecule has 1 unspecified atom stereocenters. The molecule has 0 amide bonds. The number of aromatic nitrogens is 1. The molecule has 3 rings (SSSR count). The third kappa shape index (κ3) is 3.49. The smallest absolute Gasteiger partial charge is 0.215 e. The highest BCUT2D eigenvalue weighted by Crippen LogP contribution is 2.33. The highest BCUT2D eigenvalue weighted by atomic mass is 35.5. The molecule has 1 saturated carbocycles. The summed E-state index contributed by atoms with van der Waals surface area (Å²) < 4.78 is 26.7. The Kier molecular flexibility index (Phi) is 5.01. The molecule has 0 spiro atoms. The Morgan fingerprint density at radius 1 is 1.40 bits per heavy atom. The Morgan fingerprint density at radius 2 is 2.20 bits per heavy atom. The van der Waals surface area contributed by atoms with Crippen molar-refractivity contribution in [2.45, 2.75) is 18.9 Å². The van der Waals surface area contributed by atoms with E-state index < -0.39 is 10.0 Å². The van der Waals surface area contributed by atoms with E-state index in [1.807, 2.05) is 12.1 Å². The van der Waals surface area contributed by atoms with Gasteiger partial charge >= 0.3 is 0 Å². The molecule has 1 saturated heterocycles. The van der Waals surface area contributed by atoms with Crippen LogP contribution < -0.4 is 5.32 Å². The summed E-state index contributed by atoms with van der Waals surface area (Å²) >= 11 is 0. The maximum Gasteiger partial charge on any atom is 0.215 e. The van der Waals surface area contributed by atoms with Crippen LogP contribution in [0.25, 0.3) is 0 Å². The van der Waals surface area contributed by atoms with Gasteiger partial charge in [0.25, 0.3) is 0 Å². The number of halogens is 1. The average molecular weight is 318 g/mol. The quantitative estimate of drug-likeness (QED) is 0.906. The minimum atomic E-state index is -3.15. The number of piperazine rings is 1. The van der Waals surface area contributed by atoms with Crippen LogP contribution >= 0.6 is 12.4 Å². The van der Waals surface area contributed by atoms with Crippen LogP contribution in [0.5, 0.6) is 0 Å². The molecule has 1 aliphatic carbocycles. The summed E-state index contributed by atoms with van der Waals surface area (Å²) in [5.41, 5.74) is 0.967. The Balaban J connectivity index is 0.00000147. The molecule has 1 aliphatic heterocycles. The lowest BCUT2D eigenvalue weighted by atomic mass is 10.1. The zero-order valence-corrected chi connectivity index (χ0v) is 12.9. The van der Waals surface area contributed by atoms with Crippen molar-refractivity contribution in [2.75, 3.05) is 25.4 Å². The van der Waals surface area contributed by atoms with E-state index in [-0.39, 0.29) is 18.4 Å². The summed E-state index contributed by atoms with van der Waals surface area (Å²) in [5, 5.41) is 3.27. The van der Waals surface area contributed by atoms with E-state index in [1.54, 1.807) is 16.7 Å². The lowest BCUT2D eigenvalue weighted by molar-refractivity contribution is 0.270. The van der Waals surface area contributed by atoms with Crippen molar-refractivity contribution in [3.63, 3.8) is 0 Å². The lowest BCUT2D eigenvalue weighted by Gasteiger charge is -2.35. The van der Waals surface area contributed by atoms with Crippen LogP contribution in [-0.4, -0.2) is 43.1 Å². The maximum absolute atomic E-state index is 12.5. The van der Waals surface area contributed by atoms with Gasteiger partial charge in [0.2, 0.25) is 10.0 Å². The SMILES string of the molecule is Cl.O=S(=O)(CC1CC1)N1CCNCC1c1cccnc1. The Labute approximate surface area is 126 Å². The number of nitrogens with zero attached hydrogens (tertiary/aromatic N) is 2. The van der Waals surface area contributed by atoms with Crippen LogP contribution in [0, 0.1) is 5.92 Å². The molecule has 0 bridgehead atoms. The van der Waals surface area contributed by atoms with Gasteiger partial charge in [-0.05, 0) is 30.4 Å². The van der Waals surface area contributed by atoms with Gasteiger partial charge in [-0.1, -0.05) is 6.07 Å². The lowest BCUT2D eigenvalue weighted by Crippen LogP contribution is -2.49. The van der Waals surface area contributed by atoms with E-state index in [1.165, 1.54) is 0 Å². The molecule has 112 valence electrons. The van der Waals surface area contributed by atoms with Crippen LogP contribution in [-0.2, 0) is 10.0 Å². The van der Waals surface area contributed by atoms with Crippen LogP contribution in [0.2, 0.25) is 0 Å². The summed E-state index contributed by atoms with van der Waals surface area (Å²) in [6.07, 6.45) is 5.59. The number of rotatable bonds is 4. The molecule has 2 fully saturated rings. The first kappa shape index (κ1) is 15.7. The van der Waals surface area contributed by atoms with Crippen molar-refractivity contribution >= 4 is 22.4 Å². The second-order valence-corrected chi connectivity index (χ2v) is 7.31. The van der Waals surface area contributed by atoms with E-state index in [0.29, 0.717) is 24.8 Å². The van der Waals surface area contributed by atoms with Gasteiger partial charge < -0.3 is 5.32 Å². The van der Waals surface area contributed by atoms with Gasteiger partial charge in [-0.3, -0.25) is 4.98 Å². The van der Waals surface area contributed by atoms with E-state index in [2.05, 4.69) is 10.3 Å². The molecule has 0 aromatic carbocycles. The molecule has 1 aromatic rings. The Morgan fingerprint density at radius 3 is 2.85 bits per heavy atom. The fraction of sp³-hybridized carbons (Fsp3) is 0.615. The average Bonchev–Trinajstić information content (AvgIpc) is 3.23. The van der Waals surface area contributed by atoms with Crippen LogP contribution in [0.4, 0.5) is 0 Å². The van der Waals surface area contributed by atoms with E-state index in [0.717, 1.165) is 24.9 Å². The standard InChI is InChI=1S/C13H19N3O2S.ClH/c17-19(18,10-11-3-4-11)16-7-6-15-9-13(16)12-2-1-5-14-8-12;/h1-2,5,8,11,13,15H,3-4,6-7,9-10H2;1H. The molecular formula is C13H20ClN3O2S. The van der Waals surface area contributed by atoms with E-state index >= 15 is 0 Å². The van der Waals surface area contributed by atoms with Crippen molar-refractivity contribution in [2.24, 2.45) is 5.92 Å². The first-order valence-corrected chi connectivity index (χ1v) is 8.38. The van der Waals surface area contributed by atoms with Crippen LogP contribution in [0.3, 0.4) is 0 Å². The number of nitrogens with one attached hydrogen (secondary N) is 1. The van der Waals surface area contributed by atoms with Crippen molar-refractivity contribution in [1.82, 2.24) is 14.6 Å². The Bertz CT molecular complexity index is 534. The second kappa shape index (κ2) is 6.39. The molecule has 5 nitrogen and oxygen atoms in total. The molecule has 0 radical (unpaired) electrons. The molecule has 1 N–H and O–H groups in total. The summed E-state index contributed by atoms with van der Waals surface area (Å²) in [6, 6.07) is 3.69. The van der Waals surface area contributed by atoms with Crippen molar-refractivity contribution in [1.29, 1.82) is 0 Å². The molecule has 7 heteroatoms. The fourth-order valence-corrected chi connectivity index (χ4v) is 4.63. The van der Waals surface area contributed by atoms with Crippen LogP contribution in [0.15, 0.2) is 24.5 Å². The molecule has 20 heavy (non-hydrogen) atoms. The number of sulfonamides is 1. The minimum absolute atomic E-state index is 0. The minimum Gasteiger partial charge on any atom is -0.313 e. The predicted molar refractivity (Wildman–Crippen MR) is 80.3 cm³/mol. The largest absolute Gasteiger partial charge is 0.313 e. The Hall–Kier alpha value is -0.690. The highest BCUT2D eigenvalue weighted by Gasteiger charge is 2.37. The van der Waals surface area contributed by atoms with Crippen molar-refractivity contribution < 1.29 is 8.42 Å². The monoisotopic (exact) mass is 317 g/mol. The summed E-state index contributed by atoms with van der Waals surface area (Å²) in [7, 11) is -3.15. The normalized spacial score (nSPS) is 24.1. The third-order valence-corrected chi connectivity index (χ3v) is 5.81. The van der Waals surface area contributed by atoms with Gasteiger partial charge in [0.15, 0.2) is 0 Å². The molecule has 1 atom stereocenters. The second-order valence-electron chi connectivity index (χ2n) is 5.34. The van der Waals surface area contributed by atoms with Crippen LogP contribution in [0.1, 0.15) is 24.4 Å². The zero-order chi connectivity index (χ0) is 13.3. The molecule has 2 heterocycles. The van der Waals surface area contributed by atoms with Gasteiger partial charge in [-0.15, -0.1) is 12.4 Å². The summed E-state index contributed by atoms with van der Waals surface area (Å²) in [4.78, 5) is 4.10. The molecule has 1 aromatic heterocycles. The summed E-state index contributed by atoms with van der Waals surface area (Å²) in [5.74, 6) is 0.693. The number of hydrogen-bond acceptors (Lipinski definition) is 4. The third-order valence-electron chi connectivity index (χ3n) is 3.76. The van der Waals surface area contributed by atoms with Crippen molar-refractivity contribution in [3.05, 3.63) is 30.1 Å². The number of hydrogen-bond donors (Lipinski definition) is 1. The van der Waals surface area contributed by atoms with Gasteiger partial charge in [0.1, 0.15) is 0 Å².